The van der Waals surface area contributed by atoms with Crippen LogP contribution in [-0.4, -0.2) is 24.0 Å². The number of benzene rings is 2. The third-order valence-corrected chi connectivity index (χ3v) is 4.03. The number of anilines is 1. The van der Waals surface area contributed by atoms with Gasteiger partial charge in [-0.1, -0.05) is 29.8 Å². The molecule has 0 aromatic heterocycles. The first-order chi connectivity index (χ1) is 11.4. The lowest BCUT2D eigenvalue weighted by molar-refractivity contribution is -0.121. The SMILES string of the molecule is COc1ccc(C2=C(O)C(=O)N(c3ccc(C)cc3C)C2=O)cc1. The van der Waals surface area contributed by atoms with Gasteiger partial charge in [0.25, 0.3) is 5.91 Å². The lowest BCUT2D eigenvalue weighted by Crippen LogP contribution is -2.32. The molecule has 3 rings (SSSR count). The van der Waals surface area contributed by atoms with Crippen LogP contribution in [-0.2, 0) is 9.59 Å². The lowest BCUT2D eigenvalue weighted by Gasteiger charge is -2.17. The highest BCUT2D eigenvalue weighted by atomic mass is 16.5. The maximum Gasteiger partial charge on any atom is 0.301 e. The second kappa shape index (κ2) is 5.85. The van der Waals surface area contributed by atoms with Crippen LogP contribution >= 0.6 is 0 Å². The highest BCUT2D eigenvalue weighted by Gasteiger charge is 2.40. The number of ether oxygens (including phenoxy) is 1. The normalized spacial score (nSPS) is 14.5. The van der Waals surface area contributed by atoms with Gasteiger partial charge in [-0.2, -0.15) is 0 Å². The summed E-state index contributed by atoms with van der Waals surface area (Å²) in [4.78, 5) is 26.2. The molecular formula is C19H17NO4. The van der Waals surface area contributed by atoms with Crippen molar-refractivity contribution in [3.63, 3.8) is 0 Å². The monoisotopic (exact) mass is 323 g/mol. The van der Waals surface area contributed by atoms with Gasteiger partial charge in [-0.25, -0.2) is 4.90 Å². The minimum Gasteiger partial charge on any atom is -0.502 e. The van der Waals surface area contributed by atoms with E-state index in [9.17, 15) is 14.7 Å². The van der Waals surface area contributed by atoms with E-state index in [1.807, 2.05) is 26.0 Å². The molecule has 0 radical (unpaired) electrons. The average molecular weight is 323 g/mol. The van der Waals surface area contributed by atoms with Gasteiger partial charge in [0.2, 0.25) is 0 Å². The molecule has 2 aromatic carbocycles. The highest BCUT2D eigenvalue weighted by molar-refractivity contribution is 6.45. The molecule has 24 heavy (non-hydrogen) atoms. The summed E-state index contributed by atoms with van der Waals surface area (Å²) in [5.74, 6) is -1.15. The van der Waals surface area contributed by atoms with Crippen LogP contribution in [0.25, 0.3) is 5.57 Å². The van der Waals surface area contributed by atoms with Gasteiger partial charge in [-0.3, -0.25) is 9.59 Å². The molecule has 0 spiro atoms. The Morgan fingerprint density at radius 2 is 1.62 bits per heavy atom. The molecule has 0 saturated carbocycles. The Hall–Kier alpha value is -3.08. The average Bonchev–Trinajstić information content (AvgIpc) is 2.78. The van der Waals surface area contributed by atoms with Crippen molar-refractivity contribution in [2.45, 2.75) is 13.8 Å². The van der Waals surface area contributed by atoms with E-state index in [-0.39, 0.29) is 5.57 Å². The Morgan fingerprint density at radius 3 is 2.21 bits per heavy atom. The van der Waals surface area contributed by atoms with Gasteiger partial charge in [0, 0.05) is 0 Å². The van der Waals surface area contributed by atoms with Gasteiger partial charge in [-0.05, 0) is 43.2 Å². The number of methoxy groups -OCH3 is 1. The van der Waals surface area contributed by atoms with Crippen LogP contribution in [0.15, 0.2) is 48.2 Å². The van der Waals surface area contributed by atoms with E-state index in [2.05, 4.69) is 0 Å². The third kappa shape index (κ3) is 2.44. The fourth-order valence-electron chi connectivity index (χ4n) is 2.81. The maximum atomic E-state index is 12.8. The topological polar surface area (TPSA) is 66.8 Å². The second-order valence-corrected chi connectivity index (χ2v) is 5.69. The van der Waals surface area contributed by atoms with Crippen LogP contribution in [0, 0.1) is 13.8 Å². The Morgan fingerprint density at radius 1 is 0.958 bits per heavy atom. The molecule has 0 aliphatic carbocycles. The number of aliphatic hydroxyl groups excluding tert-OH is 1. The Labute approximate surface area is 139 Å². The summed E-state index contributed by atoms with van der Waals surface area (Å²) in [7, 11) is 1.54. The Balaban J connectivity index is 2.04. The minimum absolute atomic E-state index is 0.00243. The number of carbonyl (C=O) groups excluding carboxylic acids is 2. The standard InChI is InChI=1S/C19H17NO4/c1-11-4-9-15(12(2)10-11)20-18(22)16(17(21)19(20)23)13-5-7-14(24-3)8-6-13/h4-10,21H,1-3H3. The number of carbonyl (C=O) groups is 2. The molecule has 5 heteroatoms. The highest BCUT2D eigenvalue weighted by Crippen LogP contribution is 2.34. The second-order valence-electron chi connectivity index (χ2n) is 5.69. The molecule has 2 amide bonds. The molecule has 5 nitrogen and oxygen atoms in total. The molecule has 0 fully saturated rings. The zero-order valence-corrected chi connectivity index (χ0v) is 13.7. The molecule has 1 N–H and O–H groups in total. The molecule has 1 aliphatic rings. The van der Waals surface area contributed by atoms with Gasteiger partial charge < -0.3 is 9.84 Å². The van der Waals surface area contributed by atoms with Crippen LogP contribution in [0.2, 0.25) is 0 Å². The molecule has 0 bridgehead atoms. The molecule has 1 aliphatic heterocycles. The Bertz CT molecular complexity index is 865. The number of hydrogen-bond acceptors (Lipinski definition) is 4. The van der Waals surface area contributed by atoms with E-state index in [4.69, 9.17) is 4.74 Å². The van der Waals surface area contributed by atoms with E-state index in [0.29, 0.717) is 17.0 Å². The first-order valence-electron chi connectivity index (χ1n) is 7.47. The molecule has 2 aromatic rings. The van der Waals surface area contributed by atoms with Crippen molar-refractivity contribution in [1.29, 1.82) is 0 Å². The quantitative estimate of drug-likeness (QED) is 0.881. The smallest absolute Gasteiger partial charge is 0.301 e. The van der Waals surface area contributed by atoms with Gasteiger partial charge in [0.15, 0.2) is 5.76 Å². The van der Waals surface area contributed by atoms with Crippen LogP contribution < -0.4 is 9.64 Å². The molecule has 0 atom stereocenters. The van der Waals surface area contributed by atoms with E-state index in [0.717, 1.165) is 16.0 Å². The van der Waals surface area contributed by atoms with Gasteiger partial charge in [-0.15, -0.1) is 0 Å². The fraction of sp³-hybridized carbons (Fsp3) is 0.158. The Kier molecular flexibility index (Phi) is 3.85. The minimum atomic E-state index is -0.710. The van der Waals surface area contributed by atoms with Gasteiger partial charge >= 0.3 is 5.91 Å². The van der Waals surface area contributed by atoms with Crippen molar-refractivity contribution in [2.75, 3.05) is 12.0 Å². The molecule has 0 unspecified atom stereocenters. The van der Waals surface area contributed by atoms with E-state index < -0.39 is 17.6 Å². The summed E-state index contributed by atoms with van der Waals surface area (Å²) in [6, 6.07) is 12.1. The van der Waals surface area contributed by atoms with Crippen LogP contribution in [0.4, 0.5) is 5.69 Å². The zero-order chi connectivity index (χ0) is 17.4. The summed E-state index contributed by atoms with van der Waals surface area (Å²) >= 11 is 0. The number of aliphatic hydroxyl groups is 1. The van der Waals surface area contributed by atoms with Gasteiger partial charge in [0.1, 0.15) is 5.75 Å². The molecule has 122 valence electrons. The summed E-state index contributed by atoms with van der Waals surface area (Å²) in [6.45, 7) is 3.76. The van der Waals surface area contributed by atoms with Crippen molar-refractivity contribution in [3.05, 3.63) is 64.9 Å². The van der Waals surface area contributed by atoms with Gasteiger partial charge in [0.05, 0.1) is 18.4 Å². The molecule has 1 heterocycles. The van der Waals surface area contributed by atoms with E-state index in [1.54, 1.807) is 30.3 Å². The third-order valence-electron chi connectivity index (χ3n) is 4.03. The summed E-state index contributed by atoms with van der Waals surface area (Å²) < 4.78 is 5.08. The van der Waals surface area contributed by atoms with Crippen molar-refractivity contribution in [1.82, 2.24) is 0 Å². The van der Waals surface area contributed by atoms with Crippen LogP contribution in [0.1, 0.15) is 16.7 Å². The molecule has 0 saturated heterocycles. The number of amides is 2. The number of rotatable bonds is 3. The van der Waals surface area contributed by atoms with E-state index in [1.165, 1.54) is 7.11 Å². The number of nitrogens with zero attached hydrogens (tertiary/aromatic N) is 1. The van der Waals surface area contributed by atoms with Crippen molar-refractivity contribution in [2.24, 2.45) is 0 Å². The maximum absolute atomic E-state index is 12.8. The predicted octanol–water partition coefficient (Wildman–Crippen LogP) is 3.15. The number of imide groups is 1. The lowest BCUT2D eigenvalue weighted by atomic mass is 10.1. The first-order valence-corrected chi connectivity index (χ1v) is 7.47. The van der Waals surface area contributed by atoms with Crippen LogP contribution in [0.5, 0.6) is 5.75 Å². The predicted molar refractivity (Wildman–Crippen MR) is 91.0 cm³/mol. The number of hydrogen-bond donors (Lipinski definition) is 1. The van der Waals surface area contributed by atoms with Crippen molar-refractivity contribution < 1.29 is 19.4 Å². The van der Waals surface area contributed by atoms with Crippen LogP contribution in [0.3, 0.4) is 0 Å². The summed E-state index contributed by atoms with van der Waals surface area (Å²) in [5, 5.41) is 10.2. The summed E-state index contributed by atoms with van der Waals surface area (Å²) in [6.07, 6.45) is 0. The fourth-order valence-corrected chi connectivity index (χ4v) is 2.81. The van der Waals surface area contributed by atoms with Crippen molar-refractivity contribution >= 4 is 23.1 Å². The summed E-state index contributed by atoms with van der Waals surface area (Å²) in [5.41, 5.74) is 2.77. The zero-order valence-electron chi connectivity index (χ0n) is 13.7. The first kappa shape index (κ1) is 15.8. The number of aryl methyl sites for hydroxylation is 2. The largest absolute Gasteiger partial charge is 0.502 e. The van der Waals surface area contributed by atoms with E-state index >= 15 is 0 Å². The van der Waals surface area contributed by atoms with Crippen molar-refractivity contribution in [3.8, 4) is 5.75 Å². The molecular weight excluding hydrogens is 306 g/mol.